The van der Waals surface area contributed by atoms with Crippen molar-refractivity contribution in [3.05, 3.63) is 47.4 Å². The SMILES string of the molecule is C=COCCCNC(=O)c1cc(Cl)ccc1F. The Kier molecular flexibility index (Phi) is 5.49. The van der Waals surface area contributed by atoms with E-state index in [-0.39, 0.29) is 5.56 Å². The molecule has 0 fully saturated rings. The smallest absolute Gasteiger partial charge is 0.254 e. The Morgan fingerprint density at radius 3 is 3.06 bits per heavy atom. The second-order valence-electron chi connectivity index (χ2n) is 3.27. The van der Waals surface area contributed by atoms with Crippen LogP contribution in [-0.2, 0) is 4.74 Å². The molecule has 0 aromatic heterocycles. The van der Waals surface area contributed by atoms with Gasteiger partial charge in [-0.2, -0.15) is 0 Å². The topological polar surface area (TPSA) is 38.3 Å². The molecule has 3 nitrogen and oxygen atoms in total. The van der Waals surface area contributed by atoms with Gasteiger partial charge in [0.25, 0.3) is 5.91 Å². The molecular formula is C12H13ClFNO2. The van der Waals surface area contributed by atoms with Gasteiger partial charge in [0.05, 0.1) is 18.4 Å². The highest BCUT2D eigenvalue weighted by molar-refractivity contribution is 6.30. The lowest BCUT2D eigenvalue weighted by molar-refractivity contribution is 0.0946. The zero-order valence-corrected chi connectivity index (χ0v) is 9.97. The lowest BCUT2D eigenvalue weighted by atomic mass is 10.2. The minimum absolute atomic E-state index is 0.0536. The standard InChI is InChI=1S/C12H13ClFNO2/c1-2-17-7-3-6-15-12(16)10-8-9(13)4-5-11(10)14/h2,4-5,8H,1,3,6-7H2,(H,15,16). The van der Waals surface area contributed by atoms with Crippen molar-refractivity contribution in [1.29, 1.82) is 0 Å². The maximum absolute atomic E-state index is 13.3. The summed E-state index contributed by atoms with van der Waals surface area (Å²) in [5, 5.41) is 2.90. The van der Waals surface area contributed by atoms with Gasteiger partial charge < -0.3 is 10.1 Å². The van der Waals surface area contributed by atoms with E-state index < -0.39 is 11.7 Å². The lowest BCUT2D eigenvalue weighted by Gasteiger charge is -2.06. The number of carbonyl (C=O) groups is 1. The molecule has 1 amide bonds. The molecule has 0 saturated heterocycles. The summed E-state index contributed by atoms with van der Waals surface area (Å²) < 4.78 is 18.2. The molecule has 0 bridgehead atoms. The summed E-state index contributed by atoms with van der Waals surface area (Å²) in [6.07, 6.45) is 1.96. The van der Waals surface area contributed by atoms with Gasteiger partial charge >= 0.3 is 0 Å². The predicted octanol–water partition coefficient (Wildman–Crippen LogP) is 2.76. The van der Waals surface area contributed by atoms with Gasteiger partial charge in [-0.3, -0.25) is 4.79 Å². The Hall–Kier alpha value is -1.55. The van der Waals surface area contributed by atoms with Gasteiger partial charge in [-0.25, -0.2) is 4.39 Å². The van der Waals surface area contributed by atoms with E-state index in [1.807, 2.05) is 0 Å². The first-order chi connectivity index (χ1) is 8.15. The Labute approximate surface area is 104 Å². The first-order valence-electron chi connectivity index (χ1n) is 5.11. The van der Waals surface area contributed by atoms with Crippen LogP contribution >= 0.6 is 11.6 Å². The molecule has 1 rings (SSSR count). The molecule has 0 saturated carbocycles. The van der Waals surface area contributed by atoms with Crippen molar-refractivity contribution in [3.8, 4) is 0 Å². The minimum Gasteiger partial charge on any atom is -0.502 e. The third-order valence-corrected chi connectivity index (χ3v) is 2.25. The summed E-state index contributed by atoms with van der Waals surface area (Å²) in [4.78, 5) is 11.6. The lowest BCUT2D eigenvalue weighted by Crippen LogP contribution is -2.26. The van der Waals surface area contributed by atoms with Crippen LogP contribution in [0.2, 0.25) is 5.02 Å². The monoisotopic (exact) mass is 257 g/mol. The molecule has 1 N–H and O–H groups in total. The summed E-state index contributed by atoms with van der Waals surface area (Å²) in [5.74, 6) is -1.07. The first kappa shape index (κ1) is 13.5. The van der Waals surface area contributed by atoms with Crippen LogP contribution in [0.3, 0.4) is 0 Å². The number of hydrogen-bond acceptors (Lipinski definition) is 2. The van der Waals surface area contributed by atoms with E-state index in [1.165, 1.54) is 18.4 Å². The molecule has 1 aromatic carbocycles. The van der Waals surface area contributed by atoms with Gasteiger partial charge in [-0.15, -0.1) is 0 Å². The van der Waals surface area contributed by atoms with Crippen molar-refractivity contribution in [3.63, 3.8) is 0 Å². The molecule has 0 unspecified atom stereocenters. The first-order valence-corrected chi connectivity index (χ1v) is 5.48. The number of halogens is 2. The fourth-order valence-electron chi connectivity index (χ4n) is 1.21. The summed E-state index contributed by atoms with van der Waals surface area (Å²) in [6.45, 7) is 4.25. The number of carbonyl (C=O) groups excluding carboxylic acids is 1. The molecule has 0 aliphatic carbocycles. The summed E-state index contributed by atoms with van der Waals surface area (Å²) >= 11 is 5.69. The van der Waals surface area contributed by atoms with E-state index >= 15 is 0 Å². The number of amides is 1. The van der Waals surface area contributed by atoms with E-state index in [0.29, 0.717) is 24.6 Å². The van der Waals surface area contributed by atoms with Crippen LogP contribution in [0.15, 0.2) is 31.0 Å². The van der Waals surface area contributed by atoms with Crippen molar-refractivity contribution in [2.75, 3.05) is 13.2 Å². The van der Waals surface area contributed by atoms with Gasteiger partial charge in [-0.1, -0.05) is 18.2 Å². The highest BCUT2D eigenvalue weighted by Gasteiger charge is 2.11. The van der Waals surface area contributed by atoms with Crippen LogP contribution in [0.5, 0.6) is 0 Å². The third-order valence-electron chi connectivity index (χ3n) is 2.02. The number of rotatable bonds is 6. The zero-order chi connectivity index (χ0) is 12.7. The van der Waals surface area contributed by atoms with Crippen LogP contribution in [-0.4, -0.2) is 19.1 Å². The largest absolute Gasteiger partial charge is 0.502 e. The molecule has 5 heteroatoms. The fraction of sp³-hybridized carbons (Fsp3) is 0.250. The molecule has 17 heavy (non-hydrogen) atoms. The van der Waals surface area contributed by atoms with Gasteiger partial charge in [0.1, 0.15) is 5.82 Å². The van der Waals surface area contributed by atoms with Gasteiger partial charge in [0.2, 0.25) is 0 Å². The van der Waals surface area contributed by atoms with Crippen LogP contribution < -0.4 is 5.32 Å². The maximum atomic E-state index is 13.3. The van der Waals surface area contributed by atoms with E-state index in [1.54, 1.807) is 0 Å². The minimum atomic E-state index is -0.589. The summed E-state index contributed by atoms with van der Waals surface area (Å²) in [7, 11) is 0. The molecule has 0 spiro atoms. The second-order valence-corrected chi connectivity index (χ2v) is 3.71. The average Bonchev–Trinajstić information content (AvgIpc) is 2.32. The van der Waals surface area contributed by atoms with Crippen molar-refractivity contribution < 1.29 is 13.9 Å². The van der Waals surface area contributed by atoms with Crippen molar-refractivity contribution >= 4 is 17.5 Å². The summed E-state index contributed by atoms with van der Waals surface area (Å²) in [6, 6.07) is 3.86. The quantitative estimate of drug-likeness (QED) is 0.629. The van der Waals surface area contributed by atoms with Crippen LogP contribution in [0.4, 0.5) is 4.39 Å². The Bertz CT molecular complexity index is 409. The highest BCUT2D eigenvalue weighted by Crippen LogP contribution is 2.14. The van der Waals surface area contributed by atoms with Gasteiger partial charge in [-0.05, 0) is 24.6 Å². The Morgan fingerprint density at radius 2 is 2.35 bits per heavy atom. The van der Waals surface area contributed by atoms with Crippen LogP contribution in [0.1, 0.15) is 16.8 Å². The molecule has 0 atom stereocenters. The molecule has 1 aromatic rings. The Morgan fingerprint density at radius 1 is 1.59 bits per heavy atom. The molecule has 0 heterocycles. The zero-order valence-electron chi connectivity index (χ0n) is 9.21. The predicted molar refractivity (Wildman–Crippen MR) is 64.5 cm³/mol. The Balaban J connectivity index is 2.46. The molecule has 92 valence electrons. The number of nitrogens with one attached hydrogen (secondary N) is 1. The van der Waals surface area contributed by atoms with E-state index in [2.05, 4.69) is 11.9 Å². The highest BCUT2D eigenvalue weighted by atomic mass is 35.5. The second kappa shape index (κ2) is 6.91. The number of ether oxygens (including phenoxy) is 1. The third kappa shape index (κ3) is 4.44. The molecule has 0 aliphatic rings. The van der Waals surface area contributed by atoms with E-state index in [9.17, 15) is 9.18 Å². The number of benzene rings is 1. The van der Waals surface area contributed by atoms with Crippen molar-refractivity contribution in [1.82, 2.24) is 5.32 Å². The van der Waals surface area contributed by atoms with Crippen molar-refractivity contribution in [2.24, 2.45) is 0 Å². The summed E-state index contributed by atoms with van der Waals surface area (Å²) in [5.41, 5.74) is -0.0536. The number of hydrogen-bond donors (Lipinski definition) is 1. The maximum Gasteiger partial charge on any atom is 0.254 e. The van der Waals surface area contributed by atoms with Gasteiger partial charge in [0, 0.05) is 11.6 Å². The van der Waals surface area contributed by atoms with Crippen LogP contribution in [0, 0.1) is 5.82 Å². The van der Waals surface area contributed by atoms with Gasteiger partial charge in [0.15, 0.2) is 0 Å². The molecule has 0 radical (unpaired) electrons. The van der Waals surface area contributed by atoms with Crippen LogP contribution in [0.25, 0.3) is 0 Å². The van der Waals surface area contributed by atoms with E-state index in [4.69, 9.17) is 16.3 Å². The molecule has 0 aliphatic heterocycles. The molecular weight excluding hydrogens is 245 g/mol. The van der Waals surface area contributed by atoms with E-state index in [0.717, 1.165) is 6.07 Å². The normalized spacial score (nSPS) is 9.76. The van der Waals surface area contributed by atoms with Crippen molar-refractivity contribution in [2.45, 2.75) is 6.42 Å². The average molecular weight is 258 g/mol. The fourth-order valence-corrected chi connectivity index (χ4v) is 1.38.